The first-order valence-electron chi connectivity index (χ1n) is 10.2. The number of amides is 1. The standard InChI is InChI=1S/C22H29N3O5S/c1-24(19-7-9-20(29-2)10-8-19)31(27,28)21-6-3-5-18(17-21)22(26)23-11-4-12-25-13-15-30-16-14-25/h3,5-10,17H,4,11-16H2,1-2H3,(H,23,26). The summed E-state index contributed by atoms with van der Waals surface area (Å²) in [6.45, 7) is 4.74. The molecule has 1 N–H and O–H groups in total. The quantitative estimate of drug-likeness (QED) is 0.592. The van der Waals surface area contributed by atoms with Crippen molar-refractivity contribution in [1.29, 1.82) is 0 Å². The van der Waals surface area contributed by atoms with Crippen LogP contribution in [0.2, 0.25) is 0 Å². The van der Waals surface area contributed by atoms with Gasteiger partial charge in [0.2, 0.25) is 0 Å². The molecule has 8 nitrogen and oxygen atoms in total. The molecule has 0 radical (unpaired) electrons. The van der Waals surface area contributed by atoms with E-state index in [4.69, 9.17) is 9.47 Å². The minimum Gasteiger partial charge on any atom is -0.497 e. The second-order valence-corrected chi connectivity index (χ2v) is 9.23. The van der Waals surface area contributed by atoms with Gasteiger partial charge in [0.1, 0.15) is 5.75 Å². The van der Waals surface area contributed by atoms with Gasteiger partial charge in [0.25, 0.3) is 15.9 Å². The zero-order valence-electron chi connectivity index (χ0n) is 17.9. The molecule has 31 heavy (non-hydrogen) atoms. The molecule has 9 heteroatoms. The summed E-state index contributed by atoms with van der Waals surface area (Å²) in [7, 11) is -0.781. The van der Waals surface area contributed by atoms with Crippen LogP contribution in [0.3, 0.4) is 0 Å². The Kier molecular flexibility index (Phi) is 7.89. The molecule has 0 aromatic heterocycles. The van der Waals surface area contributed by atoms with Crippen LogP contribution in [-0.2, 0) is 14.8 Å². The van der Waals surface area contributed by atoms with Crippen LogP contribution in [0.4, 0.5) is 5.69 Å². The molecule has 1 heterocycles. The van der Waals surface area contributed by atoms with Crippen LogP contribution in [0.15, 0.2) is 53.4 Å². The summed E-state index contributed by atoms with van der Waals surface area (Å²) in [5.74, 6) is 0.355. The van der Waals surface area contributed by atoms with E-state index in [1.807, 2.05) is 0 Å². The van der Waals surface area contributed by atoms with Crippen molar-refractivity contribution >= 4 is 21.6 Å². The van der Waals surface area contributed by atoms with E-state index in [1.165, 1.54) is 23.5 Å². The van der Waals surface area contributed by atoms with Crippen molar-refractivity contribution < 1.29 is 22.7 Å². The Morgan fingerprint density at radius 3 is 2.55 bits per heavy atom. The van der Waals surface area contributed by atoms with E-state index >= 15 is 0 Å². The van der Waals surface area contributed by atoms with Gasteiger partial charge in [-0.25, -0.2) is 8.42 Å². The fourth-order valence-corrected chi connectivity index (χ4v) is 4.56. The molecule has 1 aliphatic heterocycles. The van der Waals surface area contributed by atoms with Gasteiger partial charge in [-0.05, 0) is 55.4 Å². The second kappa shape index (κ2) is 10.6. The Balaban J connectivity index is 1.61. The number of ether oxygens (including phenoxy) is 2. The van der Waals surface area contributed by atoms with Gasteiger partial charge in [-0.2, -0.15) is 0 Å². The average molecular weight is 448 g/mol. The number of anilines is 1. The molecule has 1 aliphatic rings. The molecule has 0 saturated carbocycles. The summed E-state index contributed by atoms with van der Waals surface area (Å²) in [5, 5.41) is 2.87. The highest BCUT2D eigenvalue weighted by Crippen LogP contribution is 2.24. The van der Waals surface area contributed by atoms with Crippen molar-refractivity contribution in [2.75, 3.05) is 57.9 Å². The van der Waals surface area contributed by atoms with Gasteiger partial charge < -0.3 is 14.8 Å². The fraction of sp³-hybridized carbons (Fsp3) is 0.409. The molecule has 0 bridgehead atoms. The van der Waals surface area contributed by atoms with Crippen LogP contribution in [0.1, 0.15) is 16.8 Å². The molecule has 168 valence electrons. The Bertz CT molecular complexity index is 973. The van der Waals surface area contributed by atoms with Crippen molar-refractivity contribution in [2.45, 2.75) is 11.3 Å². The third kappa shape index (κ3) is 5.96. The molecular formula is C22H29N3O5S. The number of sulfonamides is 1. The SMILES string of the molecule is COc1ccc(N(C)S(=O)(=O)c2cccc(C(=O)NCCCN3CCOCC3)c2)cc1. The van der Waals surface area contributed by atoms with Crippen LogP contribution >= 0.6 is 0 Å². The highest BCUT2D eigenvalue weighted by Gasteiger charge is 2.22. The van der Waals surface area contributed by atoms with E-state index in [9.17, 15) is 13.2 Å². The lowest BCUT2D eigenvalue weighted by Gasteiger charge is -2.26. The molecule has 0 spiro atoms. The van der Waals surface area contributed by atoms with Crippen molar-refractivity contribution in [3.05, 3.63) is 54.1 Å². The topological polar surface area (TPSA) is 88.2 Å². The largest absolute Gasteiger partial charge is 0.497 e. The maximum Gasteiger partial charge on any atom is 0.264 e. The maximum atomic E-state index is 13.0. The highest BCUT2D eigenvalue weighted by molar-refractivity contribution is 7.92. The van der Waals surface area contributed by atoms with E-state index in [2.05, 4.69) is 10.2 Å². The lowest BCUT2D eigenvalue weighted by atomic mass is 10.2. The van der Waals surface area contributed by atoms with E-state index in [0.29, 0.717) is 23.5 Å². The van der Waals surface area contributed by atoms with Crippen LogP contribution < -0.4 is 14.4 Å². The summed E-state index contributed by atoms with van der Waals surface area (Å²) >= 11 is 0. The lowest BCUT2D eigenvalue weighted by Crippen LogP contribution is -2.38. The first kappa shape index (κ1) is 23.1. The zero-order chi connectivity index (χ0) is 22.3. The van der Waals surface area contributed by atoms with Gasteiger partial charge >= 0.3 is 0 Å². The molecule has 1 fully saturated rings. The van der Waals surface area contributed by atoms with Gasteiger partial charge in [-0.3, -0.25) is 14.0 Å². The smallest absolute Gasteiger partial charge is 0.264 e. The van der Waals surface area contributed by atoms with Gasteiger partial charge in [-0.1, -0.05) is 6.07 Å². The highest BCUT2D eigenvalue weighted by atomic mass is 32.2. The number of benzene rings is 2. The Morgan fingerprint density at radius 1 is 1.16 bits per heavy atom. The van der Waals surface area contributed by atoms with Gasteiger partial charge in [0, 0.05) is 32.2 Å². The number of nitrogens with one attached hydrogen (secondary N) is 1. The molecule has 2 aromatic rings. The number of carbonyl (C=O) groups excluding carboxylic acids is 1. The number of morpholine rings is 1. The van der Waals surface area contributed by atoms with E-state index < -0.39 is 10.0 Å². The number of hydrogen-bond acceptors (Lipinski definition) is 6. The number of nitrogens with zero attached hydrogens (tertiary/aromatic N) is 2. The second-order valence-electron chi connectivity index (χ2n) is 7.26. The van der Waals surface area contributed by atoms with E-state index in [0.717, 1.165) is 39.3 Å². The van der Waals surface area contributed by atoms with Crippen LogP contribution in [0, 0.1) is 0 Å². The van der Waals surface area contributed by atoms with Crippen molar-refractivity contribution in [2.24, 2.45) is 0 Å². The Labute approximate surface area is 183 Å². The predicted octanol–water partition coefficient (Wildman–Crippen LogP) is 1.97. The first-order chi connectivity index (χ1) is 14.9. The van der Waals surface area contributed by atoms with Crippen molar-refractivity contribution in [3.8, 4) is 5.75 Å². The normalized spacial score (nSPS) is 14.8. The third-order valence-electron chi connectivity index (χ3n) is 5.23. The zero-order valence-corrected chi connectivity index (χ0v) is 18.7. The van der Waals surface area contributed by atoms with Gasteiger partial charge in [0.05, 0.1) is 30.9 Å². The lowest BCUT2D eigenvalue weighted by molar-refractivity contribution is 0.0374. The number of rotatable bonds is 9. The van der Waals surface area contributed by atoms with Crippen molar-refractivity contribution in [1.82, 2.24) is 10.2 Å². The van der Waals surface area contributed by atoms with Crippen LogP contribution in [0.25, 0.3) is 0 Å². The molecular weight excluding hydrogens is 418 g/mol. The van der Waals surface area contributed by atoms with Gasteiger partial charge in [0.15, 0.2) is 0 Å². The Morgan fingerprint density at radius 2 is 1.87 bits per heavy atom. The molecule has 0 unspecified atom stereocenters. The van der Waals surface area contributed by atoms with Crippen LogP contribution in [-0.4, -0.2) is 72.8 Å². The summed E-state index contributed by atoms with van der Waals surface area (Å²) < 4.78 is 37.7. The number of hydrogen-bond donors (Lipinski definition) is 1. The summed E-state index contributed by atoms with van der Waals surface area (Å²) in [6.07, 6.45) is 0.823. The van der Waals surface area contributed by atoms with Crippen molar-refractivity contribution in [3.63, 3.8) is 0 Å². The fourth-order valence-electron chi connectivity index (χ4n) is 3.32. The van der Waals surface area contributed by atoms with E-state index in [-0.39, 0.29) is 10.8 Å². The number of carbonyl (C=O) groups is 1. The van der Waals surface area contributed by atoms with Gasteiger partial charge in [-0.15, -0.1) is 0 Å². The summed E-state index contributed by atoms with van der Waals surface area (Å²) in [4.78, 5) is 14.9. The average Bonchev–Trinajstić information content (AvgIpc) is 2.82. The minimum atomic E-state index is -3.81. The minimum absolute atomic E-state index is 0.0618. The molecule has 1 saturated heterocycles. The van der Waals surface area contributed by atoms with Crippen LogP contribution in [0.5, 0.6) is 5.75 Å². The summed E-state index contributed by atoms with van der Waals surface area (Å²) in [6, 6.07) is 12.8. The Hall–Kier alpha value is -2.62. The number of methoxy groups -OCH3 is 1. The molecule has 0 aliphatic carbocycles. The molecule has 1 amide bonds. The molecule has 0 atom stereocenters. The summed E-state index contributed by atoms with van der Waals surface area (Å²) in [5.41, 5.74) is 0.814. The predicted molar refractivity (Wildman–Crippen MR) is 119 cm³/mol. The maximum absolute atomic E-state index is 13.0. The van der Waals surface area contributed by atoms with E-state index in [1.54, 1.807) is 43.5 Å². The molecule has 2 aromatic carbocycles. The molecule has 3 rings (SSSR count). The third-order valence-corrected chi connectivity index (χ3v) is 7.01. The first-order valence-corrected chi connectivity index (χ1v) is 11.7. The monoisotopic (exact) mass is 447 g/mol.